The van der Waals surface area contributed by atoms with Crippen molar-refractivity contribution in [1.82, 2.24) is 5.32 Å². The van der Waals surface area contributed by atoms with Crippen molar-refractivity contribution in [2.45, 2.75) is 49.6 Å². The molecule has 0 spiro atoms. The molecule has 1 fully saturated rings. The normalized spacial score (nSPS) is 16.7. The number of nitrogens with two attached hydrogens (primary N) is 1. The maximum Gasteiger partial charge on any atom is 0.189 e. The van der Waals surface area contributed by atoms with Crippen LogP contribution in [-0.4, -0.2) is 26.7 Å². The van der Waals surface area contributed by atoms with E-state index in [1.54, 1.807) is 0 Å². The van der Waals surface area contributed by atoms with Gasteiger partial charge in [-0.3, -0.25) is 0 Å². The van der Waals surface area contributed by atoms with Crippen molar-refractivity contribution < 1.29 is 12.8 Å². The van der Waals surface area contributed by atoms with Crippen molar-refractivity contribution in [2.75, 3.05) is 6.26 Å². The Morgan fingerprint density at radius 3 is 2.61 bits per heavy atom. The molecule has 3 N–H and O–H groups in total. The van der Waals surface area contributed by atoms with E-state index >= 15 is 0 Å². The van der Waals surface area contributed by atoms with E-state index in [1.807, 2.05) is 0 Å². The first kappa shape index (κ1) is 20.1. The minimum Gasteiger partial charge on any atom is -0.370 e. The highest BCUT2D eigenvalue weighted by molar-refractivity contribution is 14.0. The Hall–Kier alpha value is -0.900. The van der Waals surface area contributed by atoms with E-state index in [9.17, 15) is 12.8 Å². The molecule has 0 aliphatic heterocycles. The molecule has 0 amide bonds. The largest absolute Gasteiger partial charge is 0.370 e. The Bertz CT molecular complexity index is 659. The van der Waals surface area contributed by atoms with E-state index in [-0.39, 0.29) is 46.9 Å². The van der Waals surface area contributed by atoms with Crippen LogP contribution in [0.5, 0.6) is 0 Å². The molecule has 8 heteroatoms. The zero-order valence-corrected chi connectivity index (χ0v) is 16.2. The average Bonchev–Trinajstić information content (AvgIpc) is 2.46. The number of guanidine groups is 1. The molecule has 130 valence electrons. The third-order valence-electron chi connectivity index (χ3n) is 3.82. The summed E-state index contributed by atoms with van der Waals surface area (Å²) in [7, 11) is -3.37. The van der Waals surface area contributed by atoms with Crippen molar-refractivity contribution in [3.8, 4) is 0 Å². The summed E-state index contributed by atoms with van der Waals surface area (Å²) in [5, 5.41) is 3.14. The Morgan fingerprint density at radius 1 is 1.35 bits per heavy atom. The fourth-order valence-corrected chi connectivity index (χ4v) is 3.25. The number of nitrogens with one attached hydrogen (secondary N) is 1. The first-order valence-electron chi connectivity index (χ1n) is 7.41. The highest BCUT2D eigenvalue weighted by atomic mass is 127. The van der Waals surface area contributed by atoms with Crippen LogP contribution in [0.15, 0.2) is 28.1 Å². The quantitative estimate of drug-likeness (QED) is 0.317. The molecule has 23 heavy (non-hydrogen) atoms. The average molecular weight is 455 g/mol. The SMILES string of the molecule is CS(=O)(=O)c1ccc(F)c(CN=C(N)NC2CCCCC2)c1.I. The van der Waals surface area contributed by atoms with Crippen LogP contribution in [0.3, 0.4) is 0 Å². The number of hydrogen-bond acceptors (Lipinski definition) is 3. The van der Waals surface area contributed by atoms with Gasteiger partial charge in [-0.1, -0.05) is 19.3 Å². The van der Waals surface area contributed by atoms with Crippen molar-refractivity contribution in [2.24, 2.45) is 10.7 Å². The first-order chi connectivity index (χ1) is 10.4. The summed E-state index contributed by atoms with van der Waals surface area (Å²) in [5.41, 5.74) is 6.04. The zero-order valence-electron chi connectivity index (χ0n) is 13.1. The van der Waals surface area contributed by atoms with Gasteiger partial charge >= 0.3 is 0 Å². The van der Waals surface area contributed by atoms with Gasteiger partial charge in [0.15, 0.2) is 15.8 Å². The molecule has 1 aliphatic carbocycles. The molecule has 1 saturated carbocycles. The molecule has 5 nitrogen and oxygen atoms in total. The van der Waals surface area contributed by atoms with Crippen LogP contribution in [0.2, 0.25) is 0 Å². The van der Waals surface area contributed by atoms with Crippen LogP contribution in [0.25, 0.3) is 0 Å². The van der Waals surface area contributed by atoms with E-state index in [0.717, 1.165) is 25.2 Å². The molecule has 2 rings (SSSR count). The van der Waals surface area contributed by atoms with Crippen molar-refractivity contribution in [1.29, 1.82) is 0 Å². The second-order valence-corrected chi connectivity index (χ2v) is 7.72. The molecule has 0 bridgehead atoms. The summed E-state index contributed by atoms with van der Waals surface area (Å²) in [6.45, 7) is 0.0146. The number of sulfone groups is 1. The lowest BCUT2D eigenvalue weighted by molar-refractivity contribution is 0.412. The number of benzene rings is 1. The predicted octanol–water partition coefficient (Wildman–Crippen LogP) is 2.58. The van der Waals surface area contributed by atoms with Crippen molar-refractivity contribution in [3.63, 3.8) is 0 Å². The van der Waals surface area contributed by atoms with Crippen molar-refractivity contribution >= 4 is 39.8 Å². The molecular weight excluding hydrogens is 432 g/mol. The number of halogens is 2. The second kappa shape index (κ2) is 8.81. The van der Waals surface area contributed by atoms with Crippen LogP contribution in [0, 0.1) is 5.82 Å². The van der Waals surface area contributed by atoms with Gasteiger partial charge in [-0.25, -0.2) is 17.8 Å². The van der Waals surface area contributed by atoms with Gasteiger partial charge in [0, 0.05) is 17.9 Å². The molecule has 0 heterocycles. The molecular formula is C15H23FIN3O2S. The van der Waals surface area contributed by atoms with Gasteiger partial charge in [-0.15, -0.1) is 24.0 Å². The highest BCUT2D eigenvalue weighted by Crippen LogP contribution is 2.18. The fourth-order valence-electron chi connectivity index (χ4n) is 2.57. The van der Waals surface area contributed by atoms with Gasteiger partial charge in [-0.05, 0) is 31.0 Å². The third-order valence-corrected chi connectivity index (χ3v) is 4.93. The lowest BCUT2D eigenvalue weighted by Gasteiger charge is -2.23. The Kier molecular flexibility index (Phi) is 7.72. The maximum atomic E-state index is 13.7. The van der Waals surface area contributed by atoms with E-state index in [4.69, 9.17) is 5.73 Å². The van der Waals surface area contributed by atoms with E-state index in [2.05, 4.69) is 10.3 Å². The maximum absolute atomic E-state index is 13.7. The molecule has 1 aliphatic rings. The second-order valence-electron chi connectivity index (χ2n) is 5.71. The predicted molar refractivity (Wildman–Crippen MR) is 100 cm³/mol. The lowest BCUT2D eigenvalue weighted by Crippen LogP contribution is -2.41. The number of rotatable bonds is 4. The van der Waals surface area contributed by atoms with E-state index in [1.165, 1.54) is 31.4 Å². The Morgan fingerprint density at radius 2 is 2.00 bits per heavy atom. The smallest absolute Gasteiger partial charge is 0.189 e. The molecule has 0 unspecified atom stereocenters. The molecule has 0 aromatic heterocycles. The first-order valence-corrected chi connectivity index (χ1v) is 9.30. The third kappa shape index (κ3) is 6.25. The van der Waals surface area contributed by atoms with Gasteiger partial charge in [-0.2, -0.15) is 0 Å². The minimum atomic E-state index is -3.37. The van der Waals surface area contributed by atoms with E-state index in [0.29, 0.717) is 6.04 Å². The van der Waals surface area contributed by atoms with Crippen LogP contribution in [-0.2, 0) is 16.4 Å². The van der Waals surface area contributed by atoms with Gasteiger partial charge < -0.3 is 11.1 Å². The molecule has 0 radical (unpaired) electrons. The van der Waals surface area contributed by atoms with Crippen molar-refractivity contribution in [3.05, 3.63) is 29.6 Å². The van der Waals surface area contributed by atoms with Gasteiger partial charge in [0.2, 0.25) is 0 Å². The summed E-state index contributed by atoms with van der Waals surface area (Å²) < 4.78 is 36.7. The highest BCUT2D eigenvalue weighted by Gasteiger charge is 2.14. The van der Waals surface area contributed by atoms with Crippen LogP contribution in [0.1, 0.15) is 37.7 Å². The van der Waals surface area contributed by atoms with Gasteiger partial charge in [0.1, 0.15) is 5.82 Å². The number of nitrogens with zero attached hydrogens (tertiary/aromatic N) is 1. The standard InChI is InChI=1S/C15H22FN3O2S.HI/c1-22(20,21)13-7-8-14(16)11(9-13)10-18-15(17)19-12-5-3-2-4-6-12;/h7-9,12H,2-6,10H2,1H3,(H3,17,18,19);1H. The monoisotopic (exact) mass is 455 g/mol. The Balaban J connectivity index is 0.00000264. The zero-order chi connectivity index (χ0) is 16.2. The van der Waals surface area contributed by atoms with E-state index < -0.39 is 15.7 Å². The lowest BCUT2D eigenvalue weighted by atomic mass is 9.96. The fraction of sp³-hybridized carbons (Fsp3) is 0.533. The number of hydrogen-bond donors (Lipinski definition) is 2. The topological polar surface area (TPSA) is 84.5 Å². The summed E-state index contributed by atoms with van der Waals surface area (Å²) >= 11 is 0. The Labute approximate surface area is 153 Å². The van der Waals surface area contributed by atoms with Gasteiger partial charge in [0.25, 0.3) is 0 Å². The van der Waals surface area contributed by atoms with Crippen LogP contribution >= 0.6 is 24.0 Å². The molecule has 1 aromatic rings. The molecule has 1 aromatic carbocycles. The summed E-state index contributed by atoms with van der Waals surface area (Å²) in [4.78, 5) is 4.20. The summed E-state index contributed by atoms with van der Waals surface area (Å²) in [6, 6.07) is 4.03. The molecule has 0 saturated heterocycles. The molecule has 0 atom stereocenters. The summed E-state index contributed by atoms with van der Waals surface area (Å²) in [5.74, 6) is -0.210. The number of aliphatic imine (C=N–C) groups is 1. The minimum absolute atomic E-state index is 0. The summed E-state index contributed by atoms with van der Waals surface area (Å²) in [6.07, 6.45) is 6.82. The van der Waals surface area contributed by atoms with Crippen LogP contribution in [0.4, 0.5) is 4.39 Å². The van der Waals surface area contributed by atoms with Gasteiger partial charge in [0.05, 0.1) is 11.4 Å². The van der Waals surface area contributed by atoms with Crippen LogP contribution < -0.4 is 11.1 Å².